The van der Waals surface area contributed by atoms with Crippen molar-refractivity contribution in [2.45, 2.75) is 115 Å². The van der Waals surface area contributed by atoms with E-state index in [0.717, 1.165) is 36.8 Å². The number of benzene rings is 1. The Hall–Kier alpha value is -1.92. The monoisotopic (exact) mass is 444 g/mol. The molecule has 1 aromatic rings. The molecule has 2 aliphatic heterocycles. The Morgan fingerprint density at radius 1 is 0.656 bits per heavy atom. The number of carboxylic acid groups (broad SMARTS) is 2. The highest BCUT2D eigenvalue weighted by molar-refractivity contribution is 5.95. The summed E-state index contributed by atoms with van der Waals surface area (Å²) in [4.78, 5) is 24.8. The molecule has 2 aliphatic rings. The van der Waals surface area contributed by atoms with Crippen molar-refractivity contribution in [1.29, 1.82) is 0 Å². The van der Waals surface area contributed by atoms with Gasteiger partial charge in [-0.2, -0.15) is 0 Å². The Bertz CT molecular complexity index is 823. The van der Waals surface area contributed by atoms with Gasteiger partial charge >= 0.3 is 11.9 Å². The number of rotatable bonds is 4. The topological polar surface area (TPSA) is 98.7 Å². The number of hydrogen-bond donors (Lipinski definition) is 4. The van der Waals surface area contributed by atoms with E-state index in [9.17, 15) is 19.8 Å². The highest BCUT2D eigenvalue weighted by atomic mass is 16.4. The largest absolute Gasteiger partial charge is 0.478 e. The lowest BCUT2D eigenvalue weighted by atomic mass is 9.66. The molecule has 6 nitrogen and oxygen atoms in total. The summed E-state index contributed by atoms with van der Waals surface area (Å²) in [6, 6.07) is 3.01. The summed E-state index contributed by atoms with van der Waals surface area (Å²) in [5, 5.41) is 27.6. The maximum absolute atomic E-state index is 12.4. The van der Waals surface area contributed by atoms with Crippen LogP contribution in [0, 0.1) is 0 Å². The molecule has 0 atom stereocenters. The maximum atomic E-state index is 12.4. The maximum Gasteiger partial charge on any atom is 0.335 e. The molecule has 2 heterocycles. The summed E-state index contributed by atoms with van der Waals surface area (Å²) >= 11 is 0. The van der Waals surface area contributed by atoms with Gasteiger partial charge in [0.05, 0.1) is 11.1 Å². The molecule has 2 saturated heterocycles. The van der Waals surface area contributed by atoms with Gasteiger partial charge in [-0.15, -0.1) is 0 Å². The zero-order valence-electron chi connectivity index (χ0n) is 20.8. The Kier molecular flexibility index (Phi) is 6.06. The van der Waals surface area contributed by atoms with Crippen LogP contribution in [0.4, 0.5) is 0 Å². The molecule has 0 bridgehead atoms. The van der Waals surface area contributed by atoms with Crippen molar-refractivity contribution in [1.82, 2.24) is 10.6 Å². The second kappa shape index (κ2) is 7.84. The lowest BCUT2D eigenvalue weighted by molar-refractivity contribution is 0.0674. The third-order valence-corrected chi connectivity index (χ3v) is 6.94. The molecule has 0 amide bonds. The molecule has 6 heteroatoms. The van der Waals surface area contributed by atoms with Crippen molar-refractivity contribution in [3.8, 4) is 0 Å². The normalized spacial score (nSPS) is 24.8. The quantitative estimate of drug-likeness (QED) is 0.514. The minimum atomic E-state index is -0.986. The molecule has 32 heavy (non-hydrogen) atoms. The van der Waals surface area contributed by atoms with Crippen LogP contribution in [0.15, 0.2) is 12.1 Å². The zero-order chi connectivity index (χ0) is 24.3. The second-order valence-corrected chi connectivity index (χ2v) is 12.6. The lowest BCUT2D eigenvalue weighted by Gasteiger charge is -2.49. The number of piperidine rings is 2. The van der Waals surface area contributed by atoms with Gasteiger partial charge in [0, 0.05) is 22.2 Å². The van der Waals surface area contributed by atoms with Crippen LogP contribution in [0.2, 0.25) is 0 Å². The first-order chi connectivity index (χ1) is 14.4. The number of nitrogens with one attached hydrogen (secondary N) is 2. The molecule has 0 aromatic heterocycles. The lowest BCUT2D eigenvalue weighted by Crippen LogP contribution is -2.58. The molecule has 0 radical (unpaired) electrons. The van der Waals surface area contributed by atoms with Gasteiger partial charge in [-0.05, 0) is 116 Å². The zero-order valence-corrected chi connectivity index (χ0v) is 20.8. The molecular weight excluding hydrogens is 404 g/mol. The van der Waals surface area contributed by atoms with E-state index < -0.39 is 11.9 Å². The first-order valence-electron chi connectivity index (χ1n) is 11.6. The van der Waals surface area contributed by atoms with Crippen molar-refractivity contribution in [3.05, 3.63) is 34.4 Å². The minimum absolute atomic E-state index is 0.0391. The second-order valence-electron chi connectivity index (χ2n) is 12.6. The summed E-state index contributed by atoms with van der Waals surface area (Å²) < 4.78 is 0. The van der Waals surface area contributed by atoms with Gasteiger partial charge in [-0.3, -0.25) is 0 Å². The fourth-order valence-electron chi connectivity index (χ4n) is 6.94. The van der Waals surface area contributed by atoms with Crippen molar-refractivity contribution in [2.24, 2.45) is 0 Å². The molecule has 0 aliphatic carbocycles. The van der Waals surface area contributed by atoms with Crippen molar-refractivity contribution < 1.29 is 19.8 Å². The third kappa shape index (κ3) is 5.18. The molecule has 0 unspecified atom stereocenters. The Balaban J connectivity index is 2.29. The minimum Gasteiger partial charge on any atom is -0.478 e. The molecule has 3 rings (SSSR count). The highest BCUT2D eigenvalue weighted by Gasteiger charge is 2.44. The smallest absolute Gasteiger partial charge is 0.335 e. The number of aromatic carboxylic acids is 2. The average molecular weight is 445 g/mol. The van der Waals surface area contributed by atoms with Crippen LogP contribution in [-0.2, 0) is 0 Å². The summed E-state index contributed by atoms with van der Waals surface area (Å²) in [7, 11) is 0. The fourth-order valence-corrected chi connectivity index (χ4v) is 6.94. The van der Waals surface area contributed by atoms with Crippen LogP contribution in [0.5, 0.6) is 0 Å². The van der Waals surface area contributed by atoms with Crippen molar-refractivity contribution in [2.75, 3.05) is 0 Å². The molecule has 4 N–H and O–H groups in total. The van der Waals surface area contributed by atoms with Gasteiger partial charge in [-0.1, -0.05) is 0 Å². The Morgan fingerprint density at radius 3 is 1.12 bits per heavy atom. The van der Waals surface area contributed by atoms with Gasteiger partial charge in [0.2, 0.25) is 0 Å². The predicted molar refractivity (Wildman–Crippen MR) is 127 cm³/mol. The van der Waals surface area contributed by atoms with Gasteiger partial charge in [0.15, 0.2) is 0 Å². The molecule has 1 aromatic carbocycles. The van der Waals surface area contributed by atoms with Crippen LogP contribution in [0.25, 0.3) is 0 Å². The van der Waals surface area contributed by atoms with Crippen LogP contribution >= 0.6 is 0 Å². The standard InChI is InChI=1S/C26H40N2O4/c1-23(2)11-15(12-24(3,4)27-23)19-17(21(29)30)9-10-18(22(31)32)20(19)16-13-25(5,6)28-26(7,8)14-16/h9-10,15-16,27-28H,11-14H2,1-8H3,(H,29,30)(H,31,32). The van der Waals surface area contributed by atoms with Gasteiger partial charge in [0.1, 0.15) is 0 Å². The first-order valence-corrected chi connectivity index (χ1v) is 11.6. The van der Waals surface area contributed by atoms with Gasteiger partial charge in [0.25, 0.3) is 0 Å². The number of hydrogen-bond acceptors (Lipinski definition) is 4. The average Bonchev–Trinajstić information content (AvgIpc) is 2.54. The molecule has 178 valence electrons. The van der Waals surface area contributed by atoms with Crippen LogP contribution in [0.1, 0.15) is 125 Å². The first kappa shape index (κ1) is 24.7. The van der Waals surface area contributed by atoms with Crippen LogP contribution < -0.4 is 10.6 Å². The summed E-state index contributed by atoms with van der Waals surface area (Å²) in [5.74, 6) is -2.05. The Labute approximate surface area is 192 Å². The van der Waals surface area contributed by atoms with E-state index in [4.69, 9.17) is 0 Å². The summed E-state index contributed by atoms with van der Waals surface area (Å²) in [6.45, 7) is 17.1. The van der Waals surface area contributed by atoms with E-state index in [1.807, 2.05) is 0 Å². The molecule has 0 spiro atoms. The third-order valence-electron chi connectivity index (χ3n) is 6.94. The van der Waals surface area contributed by atoms with Crippen molar-refractivity contribution >= 4 is 11.9 Å². The Morgan fingerprint density at radius 2 is 0.906 bits per heavy atom. The SMILES string of the molecule is CC1(C)CC(c2c(C(=O)O)ccc(C(=O)O)c2C2CC(C)(C)NC(C)(C)C2)CC(C)(C)N1. The number of carbonyl (C=O) groups is 2. The van der Waals surface area contributed by atoms with E-state index in [2.05, 4.69) is 66.0 Å². The fraction of sp³-hybridized carbons (Fsp3) is 0.692. The highest BCUT2D eigenvalue weighted by Crippen LogP contribution is 2.48. The molecule has 0 saturated carbocycles. The van der Waals surface area contributed by atoms with Gasteiger partial charge in [-0.25, -0.2) is 9.59 Å². The van der Waals surface area contributed by atoms with Crippen LogP contribution in [0.3, 0.4) is 0 Å². The molecule has 2 fully saturated rings. The van der Waals surface area contributed by atoms with Gasteiger partial charge < -0.3 is 20.8 Å². The van der Waals surface area contributed by atoms with Crippen molar-refractivity contribution in [3.63, 3.8) is 0 Å². The summed E-state index contributed by atoms with van der Waals surface area (Å²) in [6.07, 6.45) is 3.02. The van der Waals surface area contributed by atoms with E-state index in [1.165, 1.54) is 12.1 Å². The van der Waals surface area contributed by atoms with E-state index >= 15 is 0 Å². The van der Waals surface area contributed by atoms with E-state index in [0.29, 0.717) is 0 Å². The predicted octanol–water partition coefficient (Wildman–Crippen LogP) is 5.13. The van der Waals surface area contributed by atoms with E-state index in [-0.39, 0.29) is 45.1 Å². The van der Waals surface area contributed by atoms with E-state index in [1.54, 1.807) is 0 Å². The number of carboxylic acids is 2. The summed E-state index contributed by atoms with van der Waals surface area (Å²) in [5.41, 5.74) is 1.21. The molecular formula is C26H40N2O4. The van der Waals surface area contributed by atoms with Crippen LogP contribution in [-0.4, -0.2) is 44.3 Å².